The number of carbonyl (C=O) groups excluding carboxylic acids is 1. The molecule has 0 unspecified atom stereocenters. The number of carbonyl (C=O) groups is 1. The predicted octanol–water partition coefficient (Wildman–Crippen LogP) is 3.14. The molecule has 0 spiro atoms. The van der Waals surface area contributed by atoms with Crippen molar-refractivity contribution in [2.24, 2.45) is 0 Å². The first-order chi connectivity index (χ1) is 14.1. The van der Waals surface area contributed by atoms with E-state index in [9.17, 15) is 4.79 Å². The molecule has 1 aromatic heterocycles. The van der Waals surface area contributed by atoms with Gasteiger partial charge in [-0.25, -0.2) is 0 Å². The Morgan fingerprint density at radius 3 is 2.52 bits per heavy atom. The fraction of sp³-hybridized carbons (Fsp3) is 0.190. The lowest BCUT2D eigenvalue weighted by Gasteiger charge is -2.13. The summed E-state index contributed by atoms with van der Waals surface area (Å²) in [6, 6.07) is 16.7. The topological polar surface area (TPSA) is 88.6 Å². The number of anilines is 3. The minimum absolute atomic E-state index is 0.246. The summed E-state index contributed by atoms with van der Waals surface area (Å²) in [5, 5.41) is 14.1. The van der Waals surface area contributed by atoms with E-state index in [0.717, 1.165) is 22.7 Å². The standard InChI is InChI=1S/C21H21N5O3/c1-26(2)16-6-4-15(5-7-16)23-21(27)17-8-10-20(25-24-17)22-12-14-3-9-18-19(11-14)29-13-28-18/h3-11H,12-13H2,1-2H3,(H,22,25)(H,23,27). The van der Waals surface area contributed by atoms with Crippen LogP contribution < -0.4 is 25.0 Å². The molecule has 0 atom stereocenters. The Morgan fingerprint density at radius 1 is 1.00 bits per heavy atom. The number of ether oxygens (including phenoxy) is 2. The zero-order valence-electron chi connectivity index (χ0n) is 16.2. The van der Waals surface area contributed by atoms with Gasteiger partial charge in [0.25, 0.3) is 5.91 Å². The monoisotopic (exact) mass is 391 g/mol. The maximum atomic E-state index is 12.4. The van der Waals surface area contributed by atoms with E-state index in [1.165, 1.54) is 0 Å². The SMILES string of the molecule is CN(C)c1ccc(NC(=O)c2ccc(NCc3ccc4c(c3)OCO4)nn2)cc1. The molecular weight excluding hydrogens is 370 g/mol. The van der Waals surface area contributed by atoms with Crippen LogP contribution in [-0.2, 0) is 6.54 Å². The van der Waals surface area contributed by atoms with Crippen molar-refractivity contribution in [2.75, 3.05) is 36.4 Å². The molecular formula is C21H21N5O3. The van der Waals surface area contributed by atoms with Crippen LogP contribution in [0.1, 0.15) is 16.1 Å². The first-order valence-corrected chi connectivity index (χ1v) is 9.13. The third kappa shape index (κ3) is 4.37. The summed E-state index contributed by atoms with van der Waals surface area (Å²) in [6.07, 6.45) is 0. The van der Waals surface area contributed by atoms with Crippen molar-refractivity contribution in [1.82, 2.24) is 10.2 Å². The van der Waals surface area contributed by atoms with Gasteiger partial charge in [-0.3, -0.25) is 4.79 Å². The van der Waals surface area contributed by atoms with Crippen molar-refractivity contribution >= 4 is 23.1 Å². The molecule has 1 amide bonds. The molecule has 0 aliphatic carbocycles. The predicted molar refractivity (Wildman–Crippen MR) is 111 cm³/mol. The summed E-state index contributed by atoms with van der Waals surface area (Å²) in [6.45, 7) is 0.802. The molecule has 2 heterocycles. The van der Waals surface area contributed by atoms with E-state index < -0.39 is 0 Å². The van der Waals surface area contributed by atoms with E-state index in [2.05, 4.69) is 20.8 Å². The van der Waals surface area contributed by atoms with Gasteiger partial charge in [0.15, 0.2) is 17.2 Å². The van der Waals surface area contributed by atoms with Crippen LogP contribution in [0.2, 0.25) is 0 Å². The largest absolute Gasteiger partial charge is 0.454 e. The molecule has 0 saturated heterocycles. The second kappa shape index (κ2) is 8.05. The zero-order chi connectivity index (χ0) is 20.2. The van der Waals surface area contributed by atoms with E-state index in [4.69, 9.17) is 9.47 Å². The van der Waals surface area contributed by atoms with Gasteiger partial charge in [0.05, 0.1) is 0 Å². The smallest absolute Gasteiger partial charge is 0.276 e. The zero-order valence-corrected chi connectivity index (χ0v) is 16.2. The molecule has 3 aromatic rings. The van der Waals surface area contributed by atoms with Crippen LogP contribution in [0.5, 0.6) is 11.5 Å². The summed E-state index contributed by atoms with van der Waals surface area (Å²) in [5.74, 6) is 1.76. The number of hydrogen-bond acceptors (Lipinski definition) is 7. The van der Waals surface area contributed by atoms with Gasteiger partial charge < -0.3 is 25.0 Å². The molecule has 0 radical (unpaired) electrons. The molecule has 1 aliphatic heterocycles. The minimum atomic E-state index is -0.308. The summed E-state index contributed by atoms with van der Waals surface area (Å²) < 4.78 is 10.7. The molecule has 148 valence electrons. The van der Waals surface area contributed by atoms with Crippen LogP contribution in [0.15, 0.2) is 54.6 Å². The molecule has 8 nitrogen and oxygen atoms in total. The van der Waals surface area contributed by atoms with Gasteiger partial charge in [-0.1, -0.05) is 6.07 Å². The van der Waals surface area contributed by atoms with Crippen molar-refractivity contribution in [3.63, 3.8) is 0 Å². The van der Waals surface area contributed by atoms with Gasteiger partial charge in [0.1, 0.15) is 5.82 Å². The Bertz CT molecular complexity index is 1000. The van der Waals surface area contributed by atoms with Crippen LogP contribution >= 0.6 is 0 Å². The van der Waals surface area contributed by atoms with Crippen LogP contribution in [0.4, 0.5) is 17.2 Å². The fourth-order valence-corrected chi connectivity index (χ4v) is 2.83. The second-order valence-corrected chi connectivity index (χ2v) is 6.74. The number of nitrogens with zero attached hydrogens (tertiary/aromatic N) is 3. The average Bonchev–Trinajstić information content (AvgIpc) is 3.21. The highest BCUT2D eigenvalue weighted by atomic mass is 16.7. The molecule has 4 rings (SSSR count). The van der Waals surface area contributed by atoms with E-state index >= 15 is 0 Å². The van der Waals surface area contributed by atoms with Crippen molar-refractivity contribution in [3.8, 4) is 11.5 Å². The van der Waals surface area contributed by atoms with E-state index in [0.29, 0.717) is 18.1 Å². The lowest BCUT2D eigenvalue weighted by molar-refractivity contribution is 0.102. The highest BCUT2D eigenvalue weighted by molar-refractivity contribution is 6.02. The Labute approximate surface area is 168 Å². The maximum absolute atomic E-state index is 12.4. The Hall–Kier alpha value is -3.81. The number of fused-ring (bicyclic) bond motifs is 1. The molecule has 0 bridgehead atoms. The number of hydrogen-bond donors (Lipinski definition) is 2. The van der Waals surface area contributed by atoms with Crippen molar-refractivity contribution in [3.05, 3.63) is 65.9 Å². The molecule has 0 saturated carbocycles. The van der Waals surface area contributed by atoms with Gasteiger partial charge in [-0.05, 0) is 54.1 Å². The Balaban J connectivity index is 1.34. The fourth-order valence-electron chi connectivity index (χ4n) is 2.83. The molecule has 0 fully saturated rings. The van der Waals surface area contributed by atoms with Gasteiger partial charge in [0.2, 0.25) is 6.79 Å². The second-order valence-electron chi connectivity index (χ2n) is 6.74. The highest BCUT2D eigenvalue weighted by Gasteiger charge is 2.13. The number of rotatable bonds is 6. The Morgan fingerprint density at radius 2 is 1.79 bits per heavy atom. The van der Waals surface area contributed by atoms with E-state index in [-0.39, 0.29) is 18.4 Å². The number of amides is 1. The van der Waals surface area contributed by atoms with Crippen LogP contribution in [0.3, 0.4) is 0 Å². The summed E-state index contributed by atoms with van der Waals surface area (Å²) in [5.41, 5.74) is 3.03. The van der Waals surface area contributed by atoms with Crippen molar-refractivity contribution in [2.45, 2.75) is 6.54 Å². The van der Waals surface area contributed by atoms with E-state index in [1.54, 1.807) is 12.1 Å². The first-order valence-electron chi connectivity index (χ1n) is 9.13. The summed E-state index contributed by atoms with van der Waals surface area (Å²) in [4.78, 5) is 14.4. The lowest BCUT2D eigenvalue weighted by atomic mass is 10.2. The van der Waals surface area contributed by atoms with Crippen LogP contribution in [0.25, 0.3) is 0 Å². The molecule has 8 heteroatoms. The van der Waals surface area contributed by atoms with Crippen molar-refractivity contribution in [1.29, 1.82) is 0 Å². The highest BCUT2D eigenvalue weighted by Crippen LogP contribution is 2.32. The normalized spacial score (nSPS) is 11.8. The molecule has 2 N–H and O–H groups in total. The van der Waals surface area contributed by atoms with E-state index in [1.807, 2.05) is 61.5 Å². The summed E-state index contributed by atoms with van der Waals surface area (Å²) >= 11 is 0. The summed E-state index contributed by atoms with van der Waals surface area (Å²) in [7, 11) is 3.93. The lowest BCUT2D eigenvalue weighted by Crippen LogP contribution is -2.15. The van der Waals surface area contributed by atoms with Crippen LogP contribution in [-0.4, -0.2) is 37.0 Å². The third-order valence-electron chi connectivity index (χ3n) is 4.45. The number of benzene rings is 2. The van der Waals surface area contributed by atoms with Crippen LogP contribution in [0, 0.1) is 0 Å². The first kappa shape index (κ1) is 18.5. The third-order valence-corrected chi connectivity index (χ3v) is 4.45. The van der Waals surface area contributed by atoms with Crippen molar-refractivity contribution < 1.29 is 14.3 Å². The van der Waals surface area contributed by atoms with Gasteiger partial charge >= 0.3 is 0 Å². The number of nitrogens with one attached hydrogen (secondary N) is 2. The van der Waals surface area contributed by atoms with Gasteiger partial charge in [-0.2, -0.15) is 0 Å². The minimum Gasteiger partial charge on any atom is -0.454 e. The van der Waals surface area contributed by atoms with Gasteiger partial charge in [-0.15, -0.1) is 10.2 Å². The molecule has 29 heavy (non-hydrogen) atoms. The molecule has 2 aromatic carbocycles. The number of aromatic nitrogens is 2. The van der Waals surface area contributed by atoms with Gasteiger partial charge in [0, 0.05) is 32.0 Å². The maximum Gasteiger partial charge on any atom is 0.276 e. The Kier molecular flexibility index (Phi) is 5.15. The quantitative estimate of drug-likeness (QED) is 0.667. The average molecular weight is 391 g/mol. The molecule has 1 aliphatic rings.